The Kier molecular flexibility index (Phi) is 6.94. The maximum Gasteiger partial charge on any atom is 0.254 e. The molecule has 140 valence electrons. The number of carbonyl (C=O) groups is 1. The fourth-order valence-corrected chi connectivity index (χ4v) is 3.69. The van der Waals surface area contributed by atoms with Gasteiger partial charge in [0, 0.05) is 24.7 Å². The quantitative estimate of drug-likeness (QED) is 0.770. The monoisotopic (exact) mass is 374 g/mol. The topological polar surface area (TPSA) is 66.5 Å². The maximum atomic E-state index is 13.0. The number of hydrogen-bond acceptors (Lipinski definition) is 3. The molecule has 2 aromatic carbocycles. The molecule has 2 rings (SSSR count). The van der Waals surface area contributed by atoms with Gasteiger partial charge in [0.25, 0.3) is 5.91 Å². The van der Waals surface area contributed by atoms with Crippen LogP contribution in [0.2, 0.25) is 0 Å². The zero-order valence-corrected chi connectivity index (χ0v) is 16.3. The van der Waals surface area contributed by atoms with E-state index in [1.54, 1.807) is 19.1 Å². The fraction of sp³-hybridized carbons (Fsp3) is 0.350. The molecule has 0 fully saturated rings. The molecule has 0 aliphatic carbocycles. The highest BCUT2D eigenvalue weighted by Crippen LogP contribution is 2.17. The standard InChI is InChI=1S/C20H26N2O3S/c1-4-16(3)22(15-17-9-7-6-8-10-17)20(23)18-11-13-19(14-12-18)26(24,25)21-5-2/h6-14,16,21H,4-5,15H2,1-3H3. The van der Waals surface area contributed by atoms with Crippen molar-refractivity contribution in [3.8, 4) is 0 Å². The van der Waals surface area contributed by atoms with Gasteiger partial charge in [-0.3, -0.25) is 4.79 Å². The molecule has 0 radical (unpaired) electrons. The molecule has 0 bridgehead atoms. The van der Waals surface area contributed by atoms with Crippen molar-refractivity contribution in [2.75, 3.05) is 6.54 Å². The maximum absolute atomic E-state index is 13.0. The van der Waals surface area contributed by atoms with Gasteiger partial charge in [0.1, 0.15) is 0 Å². The number of benzene rings is 2. The van der Waals surface area contributed by atoms with Gasteiger partial charge in [-0.15, -0.1) is 0 Å². The van der Waals surface area contributed by atoms with Gasteiger partial charge in [-0.1, -0.05) is 44.2 Å². The molecule has 0 saturated heterocycles. The molecule has 5 nitrogen and oxygen atoms in total. The first-order valence-corrected chi connectivity index (χ1v) is 10.3. The van der Waals surface area contributed by atoms with Gasteiger partial charge >= 0.3 is 0 Å². The third-order valence-corrected chi connectivity index (χ3v) is 5.89. The lowest BCUT2D eigenvalue weighted by molar-refractivity contribution is 0.0671. The Bertz CT molecular complexity index is 818. The van der Waals surface area contributed by atoms with E-state index in [9.17, 15) is 13.2 Å². The number of nitrogens with zero attached hydrogens (tertiary/aromatic N) is 1. The van der Waals surface area contributed by atoms with E-state index in [4.69, 9.17) is 0 Å². The van der Waals surface area contributed by atoms with Crippen molar-refractivity contribution in [2.24, 2.45) is 0 Å². The molecule has 1 atom stereocenters. The van der Waals surface area contributed by atoms with Crippen molar-refractivity contribution in [3.63, 3.8) is 0 Å². The Morgan fingerprint density at radius 3 is 2.19 bits per heavy atom. The van der Waals surface area contributed by atoms with E-state index < -0.39 is 10.0 Å². The van der Waals surface area contributed by atoms with Crippen LogP contribution in [-0.4, -0.2) is 31.8 Å². The minimum Gasteiger partial charge on any atom is -0.332 e. The number of nitrogens with one attached hydrogen (secondary N) is 1. The van der Waals surface area contributed by atoms with E-state index in [1.165, 1.54) is 12.1 Å². The van der Waals surface area contributed by atoms with Crippen LogP contribution in [0.25, 0.3) is 0 Å². The lowest BCUT2D eigenvalue weighted by Gasteiger charge is -2.29. The van der Waals surface area contributed by atoms with Gasteiger partial charge in [0.15, 0.2) is 0 Å². The lowest BCUT2D eigenvalue weighted by Crippen LogP contribution is -2.37. The summed E-state index contributed by atoms with van der Waals surface area (Å²) in [6.45, 7) is 6.63. The number of carbonyl (C=O) groups excluding carboxylic acids is 1. The zero-order valence-electron chi connectivity index (χ0n) is 15.5. The molecule has 0 heterocycles. The summed E-state index contributed by atoms with van der Waals surface area (Å²) in [5.41, 5.74) is 1.55. The zero-order chi connectivity index (χ0) is 19.2. The van der Waals surface area contributed by atoms with Gasteiger partial charge in [0.05, 0.1) is 4.90 Å². The van der Waals surface area contributed by atoms with Gasteiger partial charge in [-0.2, -0.15) is 0 Å². The second-order valence-electron chi connectivity index (χ2n) is 6.20. The second-order valence-corrected chi connectivity index (χ2v) is 7.97. The highest BCUT2D eigenvalue weighted by molar-refractivity contribution is 7.89. The minimum atomic E-state index is -3.52. The summed E-state index contributed by atoms with van der Waals surface area (Å²) in [6.07, 6.45) is 0.839. The van der Waals surface area contributed by atoms with Gasteiger partial charge in [-0.25, -0.2) is 13.1 Å². The molecule has 6 heteroatoms. The molecule has 0 aliphatic heterocycles. The smallest absolute Gasteiger partial charge is 0.254 e. The van der Waals surface area contributed by atoms with Crippen molar-refractivity contribution >= 4 is 15.9 Å². The van der Waals surface area contributed by atoms with Crippen LogP contribution < -0.4 is 4.72 Å². The number of rotatable bonds is 8. The van der Waals surface area contributed by atoms with Gasteiger partial charge < -0.3 is 4.90 Å². The Hall–Kier alpha value is -2.18. The molecule has 2 aromatic rings. The summed E-state index contributed by atoms with van der Waals surface area (Å²) in [5, 5.41) is 0. The van der Waals surface area contributed by atoms with Crippen molar-refractivity contribution < 1.29 is 13.2 Å². The molecule has 26 heavy (non-hydrogen) atoms. The van der Waals surface area contributed by atoms with Crippen LogP contribution in [0.1, 0.15) is 43.1 Å². The number of amides is 1. The van der Waals surface area contributed by atoms with Crippen molar-refractivity contribution in [1.29, 1.82) is 0 Å². The first kappa shape index (κ1) is 20.1. The summed E-state index contributed by atoms with van der Waals surface area (Å²) in [4.78, 5) is 15.0. The largest absolute Gasteiger partial charge is 0.332 e. The van der Waals surface area contributed by atoms with Gasteiger partial charge in [-0.05, 0) is 43.2 Å². The Morgan fingerprint density at radius 1 is 1.04 bits per heavy atom. The van der Waals surface area contributed by atoms with E-state index in [-0.39, 0.29) is 16.8 Å². The minimum absolute atomic E-state index is 0.0767. The fourth-order valence-electron chi connectivity index (χ4n) is 2.64. The van der Waals surface area contributed by atoms with Crippen LogP contribution in [0.4, 0.5) is 0 Å². The molecule has 0 spiro atoms. The molecule has 1 N–H and O–H groups in total. The third-order valence-electron chi connectivity index (χ3n) is 4.33. The van der Waals surface area contributed by atoms with Gasteiger partial charge in [0.2, 0.25) is 10.0 Å². The average molecular weight is 375 g/mol. The summed E-state index contributed by atoms with van der Waals surface area (Å²) >= 11 is 0. The summed E-state index contributed by atoms with van der Waals surface area (Å²) in [6, 6.07) is 16.0. The molecule has 0 aromatic heterocycles. The van der Waals surface area contributed by atoms with E-state index in [0.717, 1.165) is 12.0 Å². The Balaban J connectivity index is 2.25. The normalized spacial score (nSPS) is 12.6. The van der Waals surface area contributed by atoms with Crippen molar-refractivity contribution in [3.05, 3.63) is 65.7 Å². The van der Waals surface area contributed by atoms with Crippen LogP contribution in [0.15, 0.2) is 59.5 Å². The SMILES string of the molecule is CCNS(=O)(=O)c1ccc(C(=O)N(Cc2ccccc2)C(C)CC)cc1. The van der Waals surface area contributed by atoms with E-state index >= 15 is 0 Å². The molecule has 0 aliphatic rings. The van der Waals surface area contributed by atoms with E-state index in [1.807, 2.05) is 49.1 Å². The third kappa shape index (κ3) is 4.93. The second kappa shape index (κ2) is 8.96. The Labute approximate surface area is 156 Å². The number of hydrogen-bond donors (Lipinski definition) is 1. The average Bonchev–Trinajstić information content (AvgIpc) is 2.66. The first-order chi connectivity index (χ1) is 12.4. The van der Waals surface area contributed by atoms with E-state index in [2.05, 4.69) is 4.72 Å². The summed E-state index contributed by atoms with van der Waals surface area (Å²) in [7, 11) is -3.52. The van der Waals surface area contributed by atoms with Crippen LogP contribution >= 0.6 is 0 Å². The van der Waals surface area contributed by atoms with Crippen molar-refractivity contribution in [2.45, 2.75) is 44.7 Å². The molecule has 1 unspecified atom stereocenters. The summed E-state index contributed by atoms with van der Waals surface area (Å²) in [5.74, 6) is -0.101. The van der Waals surface area contributed by atoms with Crippen LogP contribution in [0, 0.1) is 0 Å². The summed E-state index contributed by atoms with van der Waals surface area (Å²) < 4.78 is 26.5. The highest BCUT2D eigenvalue weighted by Gasteiger charge is 2.21. The number of sulfonamides is 1. The highest BCUT2D eigenvalue weighted by atomic mass is 32.2. The first-order valence-electron chi connectivity index (χ1n) is 8.83. The molecule has 0 saturated carbocycles. The predicted molar refractivity (Wildman–Crippen MR) is 103 cm³/mol. The van der Waals surface area contributed by atoms with Crippen LogP contribution in [0.3, 0.4) is 0 Å². The Morgan fingerprint density at radius 2 is 1.65 bits per heavy atom. The predicted octanol–water partition coefficient (Wildman–Crippen LogP) is 3.43. The van der Waals surface area contributed by atoms with Crippen LogP contribution in [-0.2, 0) is 16.6 Å². The van der Waals surface area contributed by atoms with Crippen LogP contribution in [0.5, 0.6) is 0 Å². The van der Waals surface area contributed by atoms with Crippen molar-refractivity contribution in [1.82, 2.24) is 9.62 Å². The van der Waals surface area contributed by atoms with E-state index in [0.29, 0.717) is 18.7 Å². The molecular formula is C20H26N2O3S. The lowest BCUT2D eigenvalue weighted by atomic mass is 10.1. The molecular weight excluding hydrogens is 348 g/mol. The molecule has 1 amide bonds.